The van der Waals surface area contributed by atoms with Crippen molar-refractivity contribution in [2.45, 2.75) is 4.21 Å². The number of methoxy groups -OCH3 is 1. The van der Waals surface area contributed by atoms with Gasteiger partial charge in [0.25, 0.3) is 0 Å². The van der Waals surface area contributed by atoms with Crippen LogP contribution in [0.25, 0.3) is 0 Å². The van der Waals surface area contributed by atoms with Gasteiger partial charge in [-0.1, -0.05) is 0 Å². The number of anilines is 1. The molecule has 3 nitrogen and oxygen atoms in total. The molecule has 1 aromatic heterocycles. The zero-order valence-corrected chi connectivity index (χ0v) is 7.38. The predicted octanol–water partition coefficient (Wildman–Crippen LogP) is 1.46. The molecular formula is C5H8N2OS2. The molecule has 0 atom stereocenters. The van der Waals surface area contributed by atoms with Gasteiger partial charge < -0.3 is 10.5 Å². The van der Waals surface area contributed by atoms with Crippen molar-refractivity contribution in [1.29, 1.82) is 0 Å². The highest BCUT2D eigenvalue weighted by atomic mass is 32.2. The zero-order chi connectivity index (χ0) is 7.56. The third kappa shape index (κ3) is 1.19. The molecule has 0 saturated carbocycles. The van der Waals surface area contributed by atoms with Crippen LogP contribution < -0.4 is 10.5 Å². The standard InChI is InChI=1S/C5H8N2OS2/c1-8-3-4(6)7-10-5(3)9-2/h1-2H3,(H2,6,7). The van der Waals surface area contributed by atoms with Gasteiger partial charge in [0, 0.05) is 0 Å². The van der Waals surface area contributed by atoms with Gasteiger partial charge in [0.05, 0.1) is 7.11 Å². The maximum Gasteiger partial charge on any atom is 0.187 e. The molecule has 2 N–H and O–H groups in total. The molecule has 1 rings (SSSR count). The largest absolute Gasteiger partial charge is 0.491 e. The van der Waals surface area contributed by atoms with Crippen molar-refractivity contribution in [3.8, 4) is 5.75 Å². The first kappa shape index (κ1) is 7.68. The molecule has 56 valence electrons. The van der Waals surface area contributed by atoms with E-state index in [-0.39, 0.29) is 0 Å². The minimum absolute atomic E-state index is 0.483. The third-order valence-electron chi connectivity index (χ3n) is 1.03. The Morgan fingerprint density at radius 1 is 1.70 bits per heavy atom. The van der Waals surface area contributed by atoms with Crippen LogP contribution in [0.4, 0.5) is 5.82 Å². The van der Waals surface area contributed by atoms with Crippen molar-refractivity contribution >= 4 is 29.1 Å². The second-order valence-electron chi connectivity index (χ2n) is 1.59. The van der Waals surface area contributed by atoms with E-state index in [1.165, 1.54) is 11.5 Å². The average molecular weight is 176 g/mol. The van der Waals surface area contributed by atoms with Crippen molar-refractivity contribution in [3.63, 3.8) is 0 Å². The molecule has 0 aromatic carbocycles. The third-order valence-corrected chi connectivity index (χ3v) is 2.95. The molecule has 0 fully saturated rings. The van der Waals surface area contributed by atoms with Crippen molar-refractivity contribution in [3.05, 3.63) is 0 Å². The first-order chi connectivity index (χ1) is 4.79. The van der Waals surface area contributed by atoms with Gasteiger partial charge in [0.2, 0.25) is 0 Å². The average Bonchev–Trinajstić information content (AvgIpc) is 2.30. The monoisotopic (exact) mass is 176 g/mol. The van der Waals surface area contributed by atoms with E-state index in [1.54, 1.807) is 18.9 Å². The van der Waals surface area contributed by atoms with E-state index >= 15 is 0 Å². The Labute approximate surface area is 67.7 Å². The lowest BCUT2D eigenvalue weighted by Gasteiger charge is -1.96. The number of thioether (sulfide) groups is 1. The van der Waals surface area contributed by atoms with Gasteiger partial charge in [-0.05, 0) is 17.8 Å². The lowest BCUT2D eigenvalue weighted by molar-refractivity contribution is 0.410. The lowest BCUT2D eigenvalue weighted by atomic mass is 10.6. The SMILES string of the molecule is COc1c(N)nsc1SC. The number of ether oxygens (including phenoxy) is 1. The van der Waals surface area contributed by atoms with Crippen molar-refractivity contribution in [2.24, 2.45) is 0 Å². The number of nitrogens with zero attached hydrogens (tertiary/aromatic N) is 1. The quantitative estimate of drug-likeness (QED) is 0.693. The zero-order valence-electron chi connectivity index (χ0n) is 5.75. The summed E-state index contributed by atoms with van der Waals surface area (Å²) in [7, 11) is 1.60. The van der Waals surface area contributed by atoms with E-state index in [1.807, 2.05) is 6.26 Å². The number of hydrogen-bond donors (Lipinski definition) is 1. The van der Waals surface area contributed by atoms with Crippen LogP contribution >= 0.6 is 23.3 Å². The molecule has 0 radical (unpaired) electrons. The molecule has 0 amide bonds. The summed E-state index contributed by atoms with van der Waals surface area (Å²) in [4.78, 5) is 0. The van der Waals surface area contributed by atoms with Gasteiger partial charge in [0.15, 0.2) is 11.6 Å². The van der Waals surface area contributed by atoms with Crippen LogP contribution in [0, 0.1) is 0 Å². The van der Waals surface area contributed by atoms with E-state index in [2.05, 4.69) is 4.37 Å². The van der Waals surface area contributed by atoms with Crippen LogP contribution in [0.3, 0.4) is 0 Å². The fourth-order valence-corrected chi connectivity index (χ4v) is 1.91. The van der Waals surface area contributed by atoms with E-state index in [0.29, 0.717) is 11.6 Å². The Morgan fingerprint density at radius 3 is 2.80 bits per heavy atom. The fourth-order valence-electron chi connectivity index (χ4n) is 0.596. The maximum atomic E-state index is 5.49. The minimum atomic E-state index is 0.483. The summed E-state index contributed by atoms with van der Waals surface area (Å²) in [6.07, 6.45) is 1.97. The van der Waals surface area contributed by atoms with Crippen molar-refractivity contribution in [2.75, 3.05) is 19.1 Å². The number of aromatic nitrogens is 1. The molecule has 0 aliphatic carbocycles. The summed E-state index contributed by atoms with van der Waals surface area (Å²) < 4.78 is 9.97. The topological polar surface area (TPSA) is 48.1 Å². The van der Waals surface area contributed by atoms with Crippen LogP contribution in [0.1, 0.15) is 0 Å². The van der Waals surface area contributed by atoms with Crippen LogP contribution in [0.5, 0.6) is 5.75 Å². The summed E-state index contributed by atoms with van der Waals surface area (Å²) in [6, 6.07) is 0. The van der Waals surface area contributed by atoms with Gasteiger partial charge in [-0.15, -0.1) is 11.8 Å². The Balaban J connectivity index is 3.01. The summed E-state index contributed by atoms with van der Waals surface area (Å²) in [5, 5.41) is 0. The summed E-state index contributed by atoms with van der Waals surface area (Å²) in [6.45, 7) is 0. The maximum absolute atomic E-state index is 5.49. The van der Waals surface area contributed by atoms with Gasteiger partial charge >= 0.3 is 0 Å². The van der Waals surface area contributed by atoms with Crippen molar-refractivity contribution in [1.82, 2.24) is 4.37 Å². The molecule has 0 saturated heterocycles. The molecule has 0 aliphatic rings. The molecule has 1 heterocycles. The second-order valence-corrected chi connectivity index (χ2v) is 3.44. The Hall–Kier alpha value is -0.420. The number of nitrogen functional groups attached to an aromatic ring is 1. The highest BCUT2D eigenvalue weighted by Gasteiger charge is 2.09. The van der Waals surface area contributed by atoms with Gasteiger partial charge in [-0.25, -0.2) is 0 Å². The Morgan fingerprint density at radius 2 is 2.40 bits per heavy atom. The highest BCUT2D eigenvalue weighted by molar-refractivity contribution is 8.00. The highest BCUT2D eigenvalue weighted by Crippen LogP contribution is 2.36. The predicted molar refractivity (Wildman–Crippen MR) is 44.9 cm³/mol. The second kappa shape index (κ2) is 3.12. The van der Waals surface area contributed by atoms with Crippen LogP contribution in [0.15, 0.2) is 4.21 Å². The van der Waals surface area contributed by atoms with Crippen molar-refractivity contribution < 1.29 is 4.74 Å². The number of hydrogen-bond acceptors (Lipinski definition) is 5. The Kier molecular flexibility index (Phi) is 2.39. The Bertz CT molecular complexity index is 223. The van der Waals surface area contributed by atoms with Crippen LogP contribution in [-0.4, -0.2) is 17.7 Å². The molecule has 0 spiro atoms. The first-order valence-corrected chi connectivity index (χ1v) is 4.62. The molecule has 1 aromatic rings. The lowest BCUT2D eigenvalue weighted by Crippen LogP contribution is -1.89. The van der Waals surface area contributed by atoms with E-state index in [4.69, 9.17) is 10.5 Å². The molecule has 5 heteroatoms. The number of nitrogens with two attached hydrogens (primary N) is 1. The van der Waals surface area contributed by atoms with E-state index < -0.39 is 0 Å². The van der Waals surface area contributed by atoms with E-state index in [0.717, 1.165) is 4.21 Å². The molecule has 0 aliphatic heterocycles. The molecule has 0 bridgehead atoms. The molecular weight excluding hydrogens is 168 g/mol. The smallest absolute Gasteiger partial charge is 0.187 e. The number of rotatable bonds is 2. The van der Waals surface area contributed by atoms with Crippen LogP contribution in [-0.2, 0) is 0 Å². The van der Waals surface area contributed by atoms with Crippen LogP contribution in [0.2, 0.25) is 0 Å². The first-order valence-electron chi connectivity index (χ1n) is 2.62. The summed E-state index contributed by atoms with van der Waals surface area (Å²) in [5.41, 5.74) is 5.49. The van der Waals surface area contributed by atoms with E-state index in [9.17, 15) is 0 Å². The minimum Gasteiger partial charge on any atom is -0.491 e. The van der Waals surface area contributed by atoms with Gasteiger partial charge in [-0.3, -0.25) is 0 Å². The summed E-state index contributed by atoms with van der Waals surface area (Å²) >= 11 is 2.96. The summed E-state index contributed by atoms with van der Waals surface area (Å²) in [5.74, 6) is 1.19. The normalized spacial score (nSPS) is 9.80. The fraction of sp³-hybridized carbons (Fsp3) is 0.400. The molecule has 10 heavy (non-hydrogen) atoms. The molecule has 0 unspecified atom stereocenters. The van der Waals surface area contributed by atoms with Gasteiger partial charge in [0.1, 0.15) is 4.21 Å². The van der Waals surface area contributed by atoms with Gasteiger partial charge in [-0.2, -0.15) is 4.37 Å².